The van der Waals surface area contributed by atoms with Gasteiger partial charge in [0.25, 0.3) is 0 Å². The maximum Gasteiger partial charge on any atom is 0.118 e. The van der Waals surface area contributed by atoms with E-state index in [4.69, 9.17) is 4.74 Å². The molecule has 0 saturated heterocycles. The van der Waals surface area contributed by atoms with Gasteiger partial charge in [0.15, 0.2) is 0 Å². The Morgan fingerprint density at radius 2 is 1.94 bits per heavy atom. The Morgan fingerprint density at radius 3 is 2.38 bits per heavy atom. The summed E-state index contributed by atoms with van der Waals surface area (Å²) in [5.41, 5.74) is 1.52. The number of ether oxygens (including phenoxy) is 1. The van der Waals surface area contributed by atoms with Gasteiger partial charge in [0.05, 0.1) is 13.2 Å². The fourth-order valence-corrected chi connectivity index (χ4v) is 2.31. The van der Waals surface area contributed by atoms with E-state index in [1.165, 1.54) is 5.56 Å². The van der Waals surface area contributed by atoms with Crippen LogP contribution in [0.4, 0.5) is 0 Å². The van der Waals surface area contributed by atoms with Crippen LogP contribution in [0, 0.1) is 11.3 Å². The largest absolute Gasteiger partial charge is 0.497 e. The fourth-order valence-electron chi connectivity index (χ4n) is 2.31. The molecular formula is C14H20O2. The van der Waals surface area contributed by atoms with Gasteiger partial charge in [-0.05, 0) is 41.9 Å². The molecule has 0 amide bonds. The van der Waals surface area contributed by atoms with Crippen LogP contribution in [0.25, 0.3) is 0 Å². The summed E-state index contributed by atoms with van der Waals surface area (Å²) >= 11 is 0. The molecule has 88 valence electrons. The first kappa shape index (κ1) is 11.5. The lowest BCUT2D eigenvalue weighted by atomic mass is 10.00. The number of rotatable bonds is 4. The fraction of sp³-hybridized carbons (Fsp3) is 0.571. The lowest BCUT2D eigenvalue weighted by Gasteiger charge is -2.12. The third-order valence-corrected chi connectivity index (χ3v) is 3.66. The summed E-state index contributed by atoms with van der Waals surface area (Å²) in [4.78, 5) is 0. The molecule has 16 heavy (non-hydrogen) atoms. The van der Waals surface area contributed by atoms with Gasteiger partial charge in [-0.25, -0.2) is 0 Å². The predicted molar refractivity (Wildman–Crippen MR) is 64.6 cm³/mol. The van der Waals surface area contributed by atoms with Crippen molar-refractivity contribution in [1.29, 1.82) is 0 Å². The molecular weight excluding hydrogens is 200 g/mol. The van der Waals surface area contributed by atoms with E-state index in [2.05, 4.69) is 13.8 Å². The first-order valence-electron chi connectivity index (χ1n) is 5.84. The summed E-state index contributed by atoms with van der Waals surface area (Å²) in [6.07, 6.45) is 1.69. The Labute approximate surface area is 97.3 Å². The van der Waals surface area contributed by atoms with Gasteiger partial charge in [0.2, 0.25) is 0 Å². The average Bonchev–Trinajstić information content (AvgIpc) is 2.89. The van der Waals surface area contributed by atoms with Gasteiger partial charge in [-0.2, -0.15) is 0 Å². The highest BCUT2D eigenvalue weighted by molar-refractivity contribution is 5.27. The summed E-state index contributed by atoms with van der Waals surface area (Å²) in [5, 5.41) is 10.1. The Hall–Kier alpha value is -1.02. The summed E-state index contributed by atoms with van der Waals surface area (Å²) in [7, 11) is 1.66. The molecule has 2 atom stereocenters. The maximum atomic E-state index is 10.1. The second-order valence-corrected chi connectivity index (χ2v) is 5.42. The van der Waals surface area contributed by atoms with Crippen LogP contribution < -0.4 is 4.74 Å². The highest BCUT2D eigenvalue weighted by Crippen LogP contribution is 2.53. The lowest BCUT2D eigenvalue weighted by Crippen LogP contribution is -2.16. The summed E-state index contributed by atoms with van der Waals surface area (Å²) in [6, 6.07) is 7.94. The molecule has 0 aromatic heterocycles. The van der Waals surface area contributed by atoms with Crippen LogP contribution in [0.3, 0.4) is 0 Å². The van der Waals surface area contributed by atoms with Gasteiger partial charge in [0.1, 0.15) is 5.75 Å². The van der Waals surface area contributed by atoms with E-state index in [0.717, 1.165) is 18.6 Å². The molecule has 1 aromatic rings. The van der Waals surface area contributed by atoms with Crippen molar-refractivity contribution in [3.8, 4) is 5.75 Å². The zero-order valence-corrected chi connectivity index (χ0v) is 10.2. The minimum Gasteiger partial charge on any atom is -0.497 e. The number of hydrogen-bond donors (Lipinski definition) is 1. The molecule has 2 nitrogen and oxygen atoms in total. The van der Waals surface area contributed by atoms with Gasteiger partial charge < -0.3 is 9.84 Å². The molecule has 0 heterocycles. The molecule has 0 bridgehead atoms. The van der Waals surface area contributed by atoms with Crippen LogP contribution in [0.15, 0.2) is 24.3 Å². The summed E-state index contributed by atoms with van der Waals surface area (Å²) in [6.45, 7) is 4.43. The lowest BCUT2D eigenvalue weighted by molar-refractivity contribution is 0.137. The zero-order valence-electron chi connectivity index (χ0n) is 10.2. The van der Waals surface area contributed by atoms with E-state index < -0.39 is 0 Å². The van der Waals surface area contributed by atoms with Gasteiger partial charge in [-0.1, -0.05) is 26.0 Å². The molecule has 0 spiro atoms. The smallest absolute Gasteiger partial charge is 0.118 e. The monoisotopic (exact) mass is 220 g/mol. The van der Waals surface area contributed by atoms with Crippen LogP contribution in [-0.2, 0) is 6.42 Å². The maximum absolute atomic E-state index is 10.1. The number of aliphatic hydroxyl groups excluding tert-OH is 1. The first-order valence-corrected chi connectivity index (χ1v) is 5.84. The molecule has 2 rings (SSSR count). The van der Waals surface area contributed by atoms with Gasteiger partial charge in [-0.15, -0.1) is 0 Å². The van der Waals surface area contributed by atoms with E-state index in [-0.39, 0.29) is 6.10 Å². The van der Waals surface area contributed by atoms with Crippen molar-refractivity contribution >= 4 is 0 Å². The normalized spacial score (nSPS) is 23.9. The topological polar surface area (TPSA) is 29.5 Å². The third kappa shape index (κ3) is 2.38. The number of methoxy groups -OCH3 is 1. The molecule has 1 fully saturated rings. The van der Waals surface area contributed by atoms with Crippen molar-refractivity contribution in [3.63, 3.8) is 0 Å². The second kappa shape index (κ2) is 4.10. The minimum atomic E-state index is -0.205. The second-order valence-electron chi connectivity index (χ2n) is 5.42. The van der Waals surface area contributed by atoms with Crippen LogP contribution in [0.2, 0.25) is 0 Å². The predicted octanol–water partition coefficient (Wildman–Crippen LogP) is 2.64. The molecule has 0 radical (unpaired) electrons. The minimum absolute atomic E-state index is 0.205. The van der Waals surface area contributed by atoms with E-state index in [1.807, 2.05) is 24.3 Å². The Bertz CT molecular complexity index is 354. The highest BCUT2D eigenvalue weighted by atomic mass is 16.5. The SMILES string of the molecule is COc1ccc(CC(O)C2CC2(C)C)cc1. The van der Waals surface area contributed by atoms with Crippen molar-refractivity contribution in [3.05, 3.63) is 29.8 Å². The van der Waals surface area contributed by atoms with E-state index in [9.17, 15) is 5.11 Å². The van der Waals surface area contributed by atoms with Crippen molar-refractivity contribution < 1.29 is 9.84 Å². The van der Waals surface area contributed by atoms with Crippen molar-refractivity contribution in [1.82, 2.24) is 0 Å². The molecule has 1 aliphatic carbocycles. The Morgan fingerprint density at radius 1 is 1.38 bits per heavy atom. The zero-order chi connectivity index (χ0) is 11.8. The molecule has 2 heteroatoms. The van der Waals surface area contributed by atoms with Gasteiger partial charge in [0, 0.05) is 0 Å². The van der Waals surface area contributed by atoms with Crippen molar-refractivity contribution in [2.24, 2.45) is 11.3 Å². The van der Waals surface area contributed by atoms with E-state index >= 15 is 0 Å². The highest BCUT2D eigenvalue weighted by Gasteiger charge is 2.49. The quantitative estimate of drug-likeness (QED) is 0.845. The van der Waals surface area contributed by atoms with E-state index in [1.54, 1.807) is 7.11 Å². The Kier molecular flexibility index (Phi) is 2.94. The van der Waals surface area contributed by atoms with Crippen LogP contribution in [0.1, 0.15) is 25.8 Å². The average molecular weight is 220 g/mol. The molecule has 1 saturated carbocycles. The molecule has 1 N–H and O–H groups in total. The molecule has 1 aliphatic rings. The third-order valence-electron chi connectivity index (χ3n) is 3.66. The van der Waals surface area contributed by atoms with Crippen LogP contribution in [-0.4, -0.2) is 18.3 Å². The van der Waals surface area contributed by atoms with Gasteiger partial charge >= 0.3 is 0 Å². The molecule has 0 aliphatic heterocycles. The number of aliphatic hydroxyl groups is 1. The number of benzene rings is 1. The van der Waals surface area contributed by atoms with Gasteiger partial charge in [-0.3, -0.25) is 0 Å². The number of hydrogen-bond acceptors (Lipinski definition) is 2. The van der Waals surface area contributed by atoms with Crippen LogP contribution in [0.5, 0.6) is 5.75 Å². The molecule has 1 aromatic carbocycles. The van der Waals surface area contributed by atoms with Crippen LogP contribution >= 0.6 is 0 Å². The van der Waals surface area contributed by atoms with Crippen molar-refractivity contribution in [2.45, 2.75) is 32.8 Å². The molecule has 2 unspecified atom stereocenters. The first-order chi connectivity index (χ1) is 7.53. The summed E-state index contributed by atoms with van der Waals surface area (Å²) < 4.78 is 5.10. The van der Waals surface area contributed by atoms with Crippen molar-refractivity contribution in [2.75, 3.05) is 7.11 Å². The standard InChI is InChI=1S/C14H20O2/c1-14(2)9-12(14)13(15)8-10-4-6-11(16-3)7-5-10/h4-7,12-13,15H,8-9H2,1-3H3. The van der Waals surface area contributed by atoms with E-state index in [0.29, 0.717) is 11.3 Å². The Balaban J connectivity index is 1.94. The summed E-state index contributed by atoms with van der Waals surface area (Å²) in [5.74, 6) is 1.33.